The minimum atomic E-state index is -5.08. The molecule has 4 N–H and O–H groups in total. The van der Waals surface area contributed by atoms with Crippen molar-refractivity contribution in [1.29, 1.82) is 0 Å². The highest BCUT2D eigenvalue weighted by Gasteiger charge is 2.38. The summed E-state index contributed by atoms with van der Waals surface area (Å²) in [4.78, 5) is 8.90. The lowest BCUT2D eigenvalue weighted by molar-refractivity contribution is -0.192. The van der Waals surface area contributed by atoms with Crippen LogP contribution >= 0.6 is 11.3 Å². The van der Waals surface area contributed by atoms with Gasteiger partial charge in [-0.1, -0.05) is 48.8 Å². The molecular weight excluding hydrogens is 610 g/mol. The van der Waals surface area contributed by atoms with Gasteiger partial charge in [-0.3, -0.25) is 5.10 Å². The molecule has 0 aliphatic heterocycles. The highest BCUT2D eigenvalue weighted by molar-refractivity contribution is 7.18. The van der Waals surface area contributed by atoms with Crippen LogP contribution in [0.5, 0.6) is 0 Å². The predicted octanol–water partition coefficient (Wildman–Crippen LogP) is 7.24. The molecule has 1 unspecified atom stereocenters. The number of nitrogens with zero attached hydrogens (tertiary/aromatic N) is 3. The molecule has 2 aromatic heterocycles. The minimum absolute atomic E-state index is 0.0392. The zero-order chi connectivity index (χ0) is 31.9. The lowest BCUT2D eigenvalue weighted by Crippen LogP contribution is -2.40. The monoisotopic (exact) mass is 642 g/mol. The second-order valence-electron chi connectivity index (χ2n) is 10.7. The Bertz CT molecular complexity index is 1530. The van der Waals surface area contributed by atoms with Crippen molar-refractivity contribution in [3.8, 4) is 10.6 Å². The summed E-state index contributed by atoms with van der Waals surface area (Å²) in [6.45, 7) is 3.39. The van der Waals surface area contributed by atoms with Crippen molar-refractivity contribution in [3.63, 3.8) is 0 Å². The molecule has 1 fully saturated rings. The molecule has 15 heteroatoms. The lowest BCUT2D eigenvalue weighted by Gasteiger charge is -2.26. The Balaban J connectivity index is 0.000000566. The second kappa shape index (κ2) is 14.4. The number of rotatable bonds is 9. The molecule has 238 valence electrons. The maximum Gasteiger partial charge on any atom is 0.490 e. The predicted molar refractivity (Wildman–Crippen MR) is 155 cm³/mol. The van der Waals surface area contributed by atoms with E-state index in [-0.39, 0.29) is 6.04 Å². The Morgan fingerprint density at radius 3 is 2.48 bits per heavy atom. The maximum atomic E-state index is 13.3. The molecule has 2 heterocycles. The number of anilines is 1. The summed E-state index contributed by atoms with van der Waals surface area (Å²) in [5.41, 5.74) is 2.94. The maximum absolute atomic E-state index is 13.3. The zero-order valence-corrected chi connectivity index (χ0v) is 24.5. The van der Waals surface area contributed by atoms with Crippen LogP contribution in [0, 0.1) is 12.8 Å². The van der Waals surface area contributed by atoms with Gasteiger partial charge in [-0.15, -0.1) is 10.2 Å². The number of aromatic nitrogens is 4. The summed E-state index contributed by atoms with van der Waals surface area (Å²) in [5, 5.41) is 32.6. The van der Waals surface area contributed by atoms with Gasteiger partial charge in [0.15, 0.2) is 0 Å². The fourth-order valence-electron chi connectivity index (χ4n) is 4.99. The third kappa shape index (κ3) is 9.39. The van der Waals surface area contributed by atoms with E-state index < -0.39 is 23.9 Å². The number of hydrogen-bond donors (Lipinski definition) is 4. The Morgan fingerprint density at radius 1 is 1.07 bits per heavy atom. The third-order valence-electron chi connectivity index (χ3n) is 7.32. The van der Waals surface area contributed by atoms with Gasteiger partial charge in [-0.05, 0) is 68.5 Å². The van der Waals surface area contributed by atoms with Crippen LogP contribution in [0.3, 0.4) is 0 Å². The number of alkyl halides is 6. The van der Waals surface area contributed by atoms with Crippen LogP contribution in [0.25, 0.3) is 21.5 Å². The van der Waals surface area contributed by atoms with Gasteiger partial charge in [0, 0.05) is 29.2 Å². The molecule has 5 rings (SSSR count). The molecule has 0 amide bonds. The minimum Gasteiger partial charge on any atom is -0.475 e. The zero-order valence-electron chi connectivity index (χ0n) is 23.7. The Hall–Kier alpha value is -3.72. The summed E-state index contributed by atoms with van der Waals surface area (Å²) in [6.07, 6.45) is -2.74. The third-order valence-corrected chi connectivity index (χ3v) is 8.25. The van der Waals surface area contributed by atoms with Crippen molar-refractivity contribution < 1.29 is 36.2 Å². The van der Waals surface area contributed by atoms with E-state index in [0.717, 1.165) is 39.8 Å². The summed E-state index contributed by atoms with van der Waals surface area (Å²) in [7, 11) is 0. The molecular formula is C29H32F6N6O2S. The van der Waals surface area contributed by atoms with Gasteiger partial charge in [-0.2, -0.15) is 31.4 Å². The molecule has 4 aromatic rings. The van der Waals surface area contributed by atoms with Gasteiger partial charge in [0.25, 0.3) is 0 Å². The van der Waals surface area contributed by atoms with Crippen molar-refractivity contribution in [2.75, 3.05) is 18.4 Å². The molecule has 44 heavy (non-hydrogen) atoms. The highest BCUT2D eigenvalue weighted by atomic mass is 32.1. The molecule has 8 nitrogen and oxygen atoms in total. The Labute approximate surface area is 253 Å². The number of aromatic amines is 1. The molecule has 0 spiro atoms. The number of hydrogen-bond acceptors (Lipinski definition) is 7. The number of fused-ring (bicyclic) bond motifs is 1. The molecule has 1 saturated carbocycles. The largest absolute Gasteiger partial charge is 0.490 e. The number of halogens is 6. The molecule has 1 atom stereocenters. The standard InChI is InChI=1S/C27H31F3N6S.C2HF3O2/c1-17-23-14-20(10-11-24(23)34-33-17)25-35-36-26(37-25)32-16-22(31-15-18-6-3-2-4-7-18)13-19-8-5-9-21(12-19)27(28,29)30;3-2(4,5)1(6)7/h5,8-12,14,18,22,31H,2-4,6-7,13,15-16H2,1H3,(H,32,36)(H,33,34);(H,6,7). The first-order valence-corrected chi connectivity index (χ1v) is 14.8. The van der Waals surface area contributed by atoms with Crippen molar-refractivity contribution in [2.24, 2.45) is 5.92 Å². The van der Waals surface area contributed by atoms with Crippen LogP contribution < -0.4 is 10.6 Å². The van der Waals surface area contributed by atoms with E-state index in [9.17, 15) is 26.3 Å². The van der Waals surface area contributed by atoms with Gasteiger partial charge < -0.3 is 15.7 Å². The van der Waals surface area contributed by atoms with Gasteiger partial charge >= 0.3 is 18.3 Å². The van der Waals surface area contributed by atoms with Crippen LogP contribution in [0.2, 0.25) is 0 Å². The van der Waals surface area contributed by atoms with Crippen molar-refractivity contribution >= 4 is 33.3 Å². The van der Waals surface area contributed by atoms with Crippen molar-refractivity contribution in [3.05, 3.63) is 59.3 Å². The van der Waals surface area contributed by atoms with E-state index in [1.54, 1.807) is 6.07 Å². The summed E-state index contributed by atoms with van der Waals surface area (Å²) in [5.74, 6) is -2.14. The normalized spacial score (nSPS) is 15.1. The van der Waals surface area contributed by atoms with E-state index in [1.165, 1.54) is 55.6 Å². The fourth-order valence-corrected chi connectivity index (χ4v) is 5.74. The first-order chi connectivity index (χ1) is 20.8. The van der Waals surface area contributed by atoms with Crippen LogP contribution in [0.1, 0.15) is 48.9 Å². The first kappa shape index (κ1) is 33.2. The Kier molecular flexibility index (Phi) is 10.8. The number of benzene rings is 2. The summed E-state index contributed by atoms with van der Waals surface area (Å²) < 4.78 is 71.5. The molecule has 2 aromatic carbocycles. The van der Waals surface area contributed by atoms with E-state index in [0.29, 0.717) is 29.6 Å². The number of carboxylic acids is 1. The van der Waals surface area contributed by atoms with Crippen molar-refractivity contribution in [1.82, 2.24) is 25.7 Å². The van der Waals surface area contributed by atoms with Crippen molar-refractivity contribution in [2.45, 2.75) is 63.8 Å². The van der Waals surface area contributed by atoms with Crippen LogP contribution in [-0.2, 0) is 17.4 Å². The number of nitrogens with one attached hydrogen (secondary N) is 3. The van der Waals surface area contributed by atoms with Gasteiger partial charge in [0.1, 0.15) is 5.01 Å². The highest BCUT2D eigenvalue weighted by Crippen LogP contribution is 2.31. The molecule has 0 saturated heterocycles. The summed E-state index contributed by atoms with van der Waals surface area (Å²) in [6, 6.07) is 11.6. The SMILES string of the molecule is Cc1[nH]nc2ccc(-c3nnc(NCC(Cc4cccc(C(F)(F)F)c4)NCC4CCCCC4)s3)cc12.O=C(O)C(F)(F)F. The van der Waals surface area contributed by atoms with E-state index in [1.807, 2.05) is 19.1 Å². The average molecular weight is 643 g/mol. The first-order valence-electron chi connectivity index (χ1n) is 14.0. The number of aliphatic carboxylic acids is 1. The van der Waals surface area contributed by atoms with Crippen LogP contribution in [0.4, 0.5) is 31.5 Å². The molecule has 0 radical (unpaired) electrons. The molecule has 1 aliphatic carbocycles. The average Bonchev–Trinajstić information content (AvgIpc) is 3.61. The van der Waals surface area contributed by atoms with Crippen LogP contribution in [-0.4, -0.2) is 56.8 Å². The molecule has 0 bridgehead atoms. The quantitative estimate of drug-likeness (QED) is 0.142. The van der Waals surface area contributed by atoms with Crippen LogP contribution in [0.15, 0.2) is 42.5 Å². The number of carboxylic acid groups (broad SMARTS) is 1. The van der Waals surface area contributed by atoms with Gasteiger partial charge in [0.2, 0.25) is 5.13 Å². The lowest BCUT2D eigenvalue weighted by atomic mass is 9.89. The second-order valence-corrected chi connectivity index (χ2v) is 11.7. The molecule has 1 aliphatic rings. The number of H-pyrrole nitrogens is 1. The van der Waals surface area contributed by atoms with E-state index in [2.05, 4.69) is 37.1 Å². The summed E-state index contributed by atoms with van der Waals surface area (Å²) >= 11 is 1.46. The topological polar surface area (TPSA) is 116 Å². The van der Waals surface area contributed by atoms with E-state index in [4.69, 9.17) is 9.90 Å². The van der Waals surface area contributed by atoms with Gasteiger partial charge in [-0.25, -0.2) is 4.79 Å². The van der Waals surface area contributed by atoms with E-state index >= 15 is 0 Å². The fraction of sp³-hybridized carbons (Fsp3) is 0.448. The smallest absolute Gasteiger partial charge is 0.475 e. The number of carbonyl (C=O) groups is 1. The van der Waals surface area contributed by atoms with Gasteiger partial charge in [0.05, 0.1) is 11.1 Å². The Morgan fingerprint density at radius 2 is 1.80 bits per heavy atom. The number of aryl methyl sites for hydroxylation is 1.